The second kappa shape index (κ2) is 5.02. The Labute approximate surface area is 115 Å². The maximum absolute atomic E-state index is 5.40. The molecule has 1 aliphatic rings. The minimum Gasteiger partial charge on any atom is -0.454 e. The van der Waals surface area contributed by atoms with Gasteiger partial charge in [-0.15, -0.1) is 0 Å². The molecule has 3 heteroatoms. The zero-order valence-corrected chi connectivity index (χ0v) is 11.4. The van der Waals surface area contributed by atoms with Crippen molar-refractivity contribution in [1.82, 2.24) is 0 Å². The molecule has 0 aliphatic carbocycles. The zero-order chi connectivity index (χ0) is 12.4. The predicted octanol–water partition coefficient (Wildman–Crippen LogP) is 4.09. The Morgan fingerprint density at radius 1 is 1.00 bits per heavy atom. The number of alkyl halides is 1. The van der Waals surface area contributed by atoms with E-state index in [1.807, 2.05) is 18.2 Å². The summed E-state index contributed by atoms with van der Waals surface area (Å²) in [6, 6.07) is 16.5. The van der Waals surface area contributed by atoms with E-state index in [-0.39, 0.29) is 4.83 Å². The first-order chi connectivity index (χ1) is 8.83. The Bertz CT molecular complexity index is 539. The van der Waals surface area contributed by atoms with Crippen molar-refractivity contribution in [2.24, 2.45) is 0 Å². The van der Waals surface area contributed by atoms with Gasteiger partial charge in [-0.1, -0.05) is 52.3 Å². The number of hydrogen-bond donors (Lipinski definition) is 0. The van der Waals surface area contributed by atoms with Crippen LogP contribution in [0.3, 0.4) is 0 Å². The topological polar surface area (TPSA) is 18.5 Å². The van der Waals surface area contributed by atoms with Crippen LogP contribution in [0.15, 0.2) is 48.5 Å². The molecular weight excluding hydrogens is 292 g/mol. The standard InChI is InChI=1S/C15H13BrO2/c16-13(8-11-4-2-1-3-5-11)12-6-7-14-15(9-12)18-10-17-14/h1-7,9,13H,8,10H2. The van der Waals surface area contributed by atoms with E-state index in [4.69, 9.17) is 9.47 Å². The van der Waals surface area contributed by atoms with Gasteiger partial charge in [-0.05, 0) is 29.7 Å². The summed E-state index contributed by atoms with van der Waals surface area (Å²) in [5, 5.41) is 0. The van der Waals surface area contributed by atoms with Crippen molar-refractivity contribution < 1.29 is 9.47 Å². The molecule has 0 fully saturated rings. The van der Waals surface area contributed by atoms with Crippen LogP contribution in [0.4, 0.5) is 0 Å². The maximum atomic E-state index is 5.40. The summed E-state index contributed by atoms with van der Waals surface area (Å²) in [5.41, 5.74) is 2.53. The quantitative estimate of drug-likeness (QED) is 0.795. The second-order valence-electron chi connectivity index (χ2n) is 4.27. The number of benzene rings is 2. The molecule has 1 heterocycles. The van der Waals surface area contributed by atoms with E-state index >= 15 is 0 Å². The van der Waals surface area contributed by atoms with Gasteiger partial charge in [0.05, 0.1) is 0 Å². The largest absolute Gasteiger partial charge is 0.454 e. The molecule has 2 aromatic rings. The highest BCUT2D eigenvalue weighted by Gasteiger charge is 2.16. The van der Waals surface area contributed by atoms with Crippen molar-refractivity contribution in [3.8, 4) is 11.5 Å². The zero-order valence-electron chi connectivity index (χ0n) is 9.80. The van der Waals surface area contributed by atoms with Crippen LogP contribution in [0.2, 0.25) is 0 Å². The minimum absolute atomic E-state index is 0.286. The van der Waals surface area contributed by atoms with Gasteiger partial charge in [-0.3, -0.25) is 0 Å². The summed E-state index contributed by atoms with van der Waals surface area (Å²) < 4.78 is 10.7. The van der Waals surface area contributed by atoms with Crippen LogP contribution in [0.1, 0.15) is 16.0 Å². The number of hydrogen-bond acceptors (Lipinski definition) is 2. The fourth-order valence-corrected chi connectivity index (χ4v) is 2.71. The first kappa shape index (κ1) is 11.6. The Balaban J connectivity index is 1.78. The van der Waals surface area contributed by atoms with Gasteiger partial charge in [0.25, 0.3) is 0 Å². The molecular formula is C15H13BrO2. The first-order valence-corrected chi connectivity index (χ1v) is 6.82. The Morgan fingerprint density at radius 3 is 2.61 bits per heavy atom. The maximum Gasteiger partial charge on any atom is 0.231 e. The molecule has 1 atom stereocenters. The van der Waals surface area contributed by atoms with Gasteiger partial charge in [-0.2, -0.15) is 0 Å². The predicted molar refractivity (Wildman–Crippen MR) is 74.4 cm³/mol. The molecule has 18 heavy (non-hydrogen) atoms. The van der Waals surface area contributed by atoms with E-state index in [1.54, 1.807) is 0 Å². The van der Waals surface area contributed by atoms with Gasteiger partial charge < -0.3 is 9.47 Å². The van der Waals surface area contributed by atoms with Gasteiger partial charge in [0.1, 0.15) is 0 Å². The molecule has 0 aromatic heterocycles. The van der Waals surface area contributed by atoms with Crippen molar-refractivity contribution >= 4 is 15.9 Å². The molecule has 0 radical (unpaired) electrons. The van der Waals surface area contributed by atoms with Crippen molar-refractivity contribution in [2.45, 2.75) is 11.2 Å². The average molecular weight is 305 g/mol. The molecule has 0 amide bonds. The van der Waals surface area contributed by atoms with Crippen LogP contribution >= 0.6 is 15.9 Å². The van der Waals surface area contributed by atoms with Gasteiger partial charge in [-0.25, -0.2) is 0 Å². The normalized spacial score (nSPS) is 14.5. The third-order valence-corrected chi connectivity index (χ3v) is 3.87. The Kier molecular flexibility index (Phi) is 3.24. The number of fused-ring (bicyclic) bond motifs is 1. The second-order valence-corrected chi connectivity index (χ2v) is 5.38. The van der Waals surface area contributed by atoms with E-state index < -0.39 is 0 Å². The van der Waals surface area contributed by atoms with Crippen molar-refractivity contribution in [1.29, 1.82) is 0 Å². The van der Waals surface area contributed by atoms with Crippen LogP contribution in [0, 0.1) is 0 Å². The Morgan fingerprint density at radius 2 is 1.78 bits per heavy atom. The molecule has 1 unspecified atom stereocenters. The third-order valence-electron chi connectivity index (χ3n) is 3.02. The SMILES string of the molecule is BrC(Cc1ccccc1)c1ccc2c(c1)OCO2. The summed E-state index contributed by atoms with van der Waals surface area (Å²) in [7, 11) is 0. The van der Waals surface area contributed by atoms with Gasteiger partial charge >= 0.3 is 0 Å². The van der Waals surface area contributed by atoms with Crippen LogP contribution in [0.5, 0.6) is 11.5 Å². The van der Waals surface area contributed by atoms with Gasteiger partial charge in [0.2, 0.25) is 6.79 Å². The highest BCUT2D eigenvalue weighted by Crippen LogP contribution is 2.37. The Hall–Kier alpha value is -1.48. The highest BCUT2D eigenvalue weighted by atomic mass is 79.9. The van der Waals surface area contributed by atoms with E-state index in [0.29, 0.717) is 6.79 Å². The molecule has 0 saturated heterocycles. The van der Waals surface area contributed by atoms with Crippen molar-refractivity contribution in [2.75, 3.05) is 6.79 Å². The van der Waals surface area contributed by atoms with Crippen LogP contribution in [0.25, 0.3) is 0 Å². The molecule has 2 nitrogen and oxygen atoms in total. The van der Waals surface area contributed by atoms with Gasteiger partial charge in [0.15, 0.2) is 11.5 Å². The van der Waals surface area contributed by atoms with Crippen LogP contribution in [-0.4, -0.2) is 6.79 Å². The molecule has 92 valence electrons. The first-order valence-electron chi connectivity index (χ1n) is 5.90. The molecule has 1 aliphatic heterocycles. The summed E-state index contributed by atoms with van der Waals surface area (Å²) in [6.07, 6.45) is 0.959. The van der Waals surface area contributed by atoms with E-state index in [0.717, 1.165) is 17.9 Å². The summed E-state index contributed by atoms with van der Waals surface area (Å²) in [4.78, 5) is 0.286. The van der Waals surface area contributed by atoms with E-state index in [9.17, 15) is 0 Å². The third kappa shape index (κ3) is 2.36. The lowest BCUT2D eigenvalue weighted by Crippen LogP contribution is -1.95. The lowest BCUT2D eigenvalue weighted by molar-refractivity contribution is 0.174. The lowest BCUT2D eigenvalue weighted by atomic mass is 10.0. The molecule has 2 aromatic carbocycles. The average Bonchev–Trinajstić information content (AvgIpc) is 2.87. The van der Waals surface area contributed by atoms with Crippen LogP contribution in [-0.2, 0) is 6.42 Å². The highest BCUT2D eigenvalue weighted by molar-refractivity contribution is 9.09. The molecule has 0 N–H and O–H groups in total. The molecule has 0 saturated carbocycles. The van der Waals surface area contributed by atoms with Crippen molar-refractivity contribution in [3.63, 3.8) is 0 Å². The molecule has 0 spiro atoms. The summed E-state index contributed by atoms with van der Waals surface area (Å²) >= 11 is 3.73. The van der Waals surface area contributed by atoms with E-state index in [1.165, 1.54) is 11.1 Å². The van der Waals surface area contributed by atoms with Gasteiger partial charge in [0, 0.05) is 4.83 Å². The fourth-order valence-electron chi connectivity index (χ4n) is 2.05. The number of ether oxygens (including phenoxy) is 2. The fraction of sp³-hybridized carbons (Fsp3) is 0.200. The van der Waals surface area contributed by atoms with E-state index in [2.05, 4.69) is 46.3 Å². The minimum atomic E-state index is 0.286. The monoisotopic (exact) mass is 304 g/mol. The smallest absolute Gasteiger partial charge is 0.231 e. The van der Waals surface area contributed by atoms with Crippen molar-refractivity contribution in [3.05, 3.63) is 59.7 Å². The lowest BCUT2D eigenvalue weighted by Gasteiger charge is -2.11. The van der Waals surface area contributed by atoms with Crippen LogP contribution < -0.4 is 9.47 Å². The molecule has 0 bridgehead atoms. The number of rotatable bonds is 3. The molecule has 3 rings (SSSR count). The number of halogens is 1. The summed E-state index contributed by atoms with van der Waals surface area (Å²) in [6.45, 7) is 0.324. The summed E-state index contributed by atoms with van der Waals surface area (Å²) in [5.74, 6) is 1.67.